The number of hydrogen-bond acceptors (Lipinski definition) is 9. The fourth-order valence-electron chi connectivity index (χ4n) is 6.19. The van der Waals surface area contributed by atoms with Crippen molar-refractivity contribution in [2.45, 2.75) is 55.4 Å². The lowest BCUT2D eigenvalue weighted by atomic mass is 9.82. The van der Waals surface area contributed by atoms with E-state index >= 15 is 8.78 Å². The molecule has 0 spiro atoms. The molecule has 0 radical (unpaired) electrons. The molecule has 2 heterocycles. The van der Waals surface area contributed by atoms with Crippen LogP contribution in [0.25, 0.3) is 0 Å². The molecule has 0 saturated heterocycles. The van der Waals surface area contributed by atoms with Gasteiger partial charge in [-0.2, -0.15) is 5.10 Å². The zero-order chi connectivity index (χ0) is 35.3. The SMILES string of the molecule is COc1ccc(CN(c2ccncn2)S(=O)(=O)c2cc(F)c(OC3CC(OCc4ccccc4)CCC3c3ccnn3C)cc2F)c(OC)c1. The van der Waals surface area contributed by atoms with Crippen molar-refractivity contribution >= 4 is 15.8 Å². The molecule has 0 N–H and O–H groups in total. The number of ether oxygens (including phenoxy) is 4. The Bertz CT molecular complexity index is 2020. The van der Waals surface area contributed by atoms with Gasteiger partial charge in [-0.15, -0.1) is 0 Å². The number of hydrogen-bond donors (Lipinski definition) is 0. The van der Waals surface area contributed by atoms with Crippen molar-refractivity contribution in [3.63, 3.8) is 0 Å². The Morgan fingerprint density at radius 1 is 0.920 bits per heavy atom. The molecule has 0 amide bonds. The van der Waals surface area contributed by atoms with Gasteiger partial charge in [0.2, 0.25) is 0 Å². The number of anilines is 1. The summed E-state index contributed by atoms with van der Waals surface area (Å²) in [6.45, 7) is 0.0834. The Kier molecular flexibility index (Phi) is 10.6. The molecule has 3 aromatic carbocycles. The van der Waals surface area contributed by atoms with E-state index in [0.717, 1.165) is 34.4 Å². The molecule has 1 fully saturated rings. The Morgan fingerprint density at radius 3 is 2.44 bits per heavy atom. The molecule has 1 aliphatic rings. The fraction of sp³-hybridized carbons (Fsp3) is 0.306. The third-order valence-electron chi connectivity index (χ3n) is 8.77. The van der Waals surface area contributed by atoms with Crippen LogP contribution in [0.5, 0.6) is 17.2 Å². The summed E-state index contributed by atoms with van der Waals surface area (Å²) in [6, 6.07) is 19.3. The van der Waals surface area contributed by atoms with Crippen LogP contribution in [-0.4, -0.2) is 54.6 Å². The predicted molar refractivity (Wildman–Crippen MR) is 181 cm³/mol. The van der Waals surface area contributed by atoms with E-state index < -0.39 is 38.4 Å². The first-order valence-electron chi connectivity index (χ1n) is 16.0. The maximum Gasteiger partial charge on any atom is 0.268 e. The van der Waals surface area contributed by atoms with Crippen LogP contribution in [0.4, 0.5) is 14.6 Å². The molecular weight excluding hydrogens is 668 g/mol. The molecule has 11 nitrogen and oxygen atoms in total. The van der Waals surface area contributed by atoms with E-state index in [-0.39, 0.29) is 24.4 Å². The second kappa shape index (κ2) is 15.2. The van der Waals surface area contributed by atoms with Gasteiger partial charge < -0.3 is 18.9 Å². The zero-order valence-electron chi connectivity index (χ0n) is 27.8. The summed E-state index contributed by atoms with van der Waals surface area (Å²) in [5, 5.41) is 4.29. The molecule has 50 heavy (non-hydrogen) atoms. The number of sulfonamides is 1. The second-order valence-corrected chi connectivity index (χ2v) is 13.7. The van der Waals surface area contributed by atoms with E-state index in [1.165, 1.54) is 26.5 Å². The van der Waals surface area contributed by atoms with Crippen molar-refractivity contribution in [1.29, 1.82) is 0 Å². The first kappa shape index (κ1) is 34.8. The topological polar surface area (TPSA) is 118 Å². The Morgan fingerprint density at radius 2 is 1.74 bits per heavy atom. The van der Waals surface area contributed by atoms with E-state index in [2.05, 4.69) is 15.1 Å². The van der Waals surface area contributed by atoms with Gasteiger partial charge in [0.15, 0.2) is 11.6 Å². The lowest BCUT2D eigenvalue weighted by Gasteiger charge is -2.36. The summed E-state index contributed by atoms with van der Waals surface area (Å²) in [6.07, 6.45) is 5.16. The molecule has 0 aliphatic heterocycles. The minimum Gasteiger partial charge on any atom is -0.497 e. The lowest BCUT2D eigenvalue weighted by molar-refractivity contribution is -0.0258. The van der Waals surface area contributed by atoms with Gasteiger partial charge in [0, 0.05) is 67.3 Å². The summed E-state index contributed by atoms with van der Waals surface area (Å²) in [7, 11) is -0.00426. The number of rotatable bonds is 13. The predicted octanol–water partition coefficient (Wildman–Crippen LogP) is 6.20. The van der Waals surface area contributed by atoms with Gasteiger partial charge in [0.1, 0.15) is 40.5 Å². The van der Waals surface area contributed by atoms with Crippen LogP contribution < -0.4 is 18.5 Å². The number of aryl methyl sites for hydroxylation is 1. The van der Waals surface area contributed by atoms with Gasteiger partial charge in [-0.3, -0.25) is 4.68 Å². The number of nitrogens with zero attached hydrogens (tertiary/aromatic N) is 5. The van der Waals surface area contributed by atoms with Crippen LogP contribution >= 0.6 is 0 Å². The fourth-order valence-corrected chi connectivity index (χ4v) is 7.64. The van der Waals surface area contributed by atoms with E-state index in [1.54, 1.807) is 29.1 Å². The molecular formula is C36H37F2N5O6S. The molecule has 1 saturated carbocycles. The molecule has 14 heteroatoms. The van der Waals surface area contributed by atoms with Crippen molar-refractivity contribution in [2.24, 2.45) is 7.05 Å². The van der Waals surface area contributed by atoms with Gasteiger partial charge in [-0.05, 0) is 36.6 Å². The van der Waals surface area contributed by atoms with Crippen LogP contribution in [0.3, 0.4) is 0 Å². The highest BCUT2D eigenvalue weighted by Gasteiger charge is 2.37. The number of aromatic nitrogens is 4. The van der Waals surface area contributed by atoms with Crippen LogP contribution in [0, 0.1) is 11.6 Å². The minimum absolute atomic E-state index is 0.0548. The van der Waals surface area contributed by atoms with Gasteiger partial charge in [0.25, 0.3) is 10.0 Å². The molecule has 262 valence electrons. The highest BCUT2D eigenvalue weighted by molar-refractivity contribution is 7.92. The highest BCUT2D eigenvalue weighted by Crippen LogP contribution is 2.39. The van der Waals surface area contributed by atoms with Crippen LogP contribution in [-0.2, 0) is 35.0 Å². The summed E-state index contributed by atoms with van der Waals surface area (Å²) in [5.74, 6) is -2.07. The average molecular weight is 706 g/mol. The monoisotopic (exact) mass is 705 g/mol. The van der Waals surface area contributed by atoms with Crippen molar-refractivity contribution in [2.75, 3.05) is 18.5 Å². The standard InChI is InChI=1S/C36H37F2N5O6S/c1-42-31(13-16-41-42)28-12-11-27(48-22-24-7-5-4-6-8-24)18-33(28)49-34-19-30(38)35(20-29(34)37)50(44,45)43(36-14-15-39-23-40-36)21-25-9-10-26(46-2)17-32(25)47-3/h4-10,13-17,19-20,23,27-28,33H,11-12,18,21-22H2,1-3H3. The van der Waals surface area contributed by atoms with Gasteiger partial charge in [-0.25, -0.2) is 31.5 Å². The van der Waals surface area contributed by atoms with Gasteiger partial charge in [0.05, 0.1) is 33.5 Å². The van der Waals surface area contributed by atoms with Crippen LogP contribution in [0.1, 0.15) is 42.0 Å². The molecule has 3 unspecified atom stereocenters. The molecule has 6 rings (SSSR count). The average Bonchev–Trinajstić information content (AvgIpc) is 3.57. The van der Waals surface area contributed by atoms with Crippen molar-refractivity contribution < 1.29 is 36.1 Å². The first-order chi connectivity index (χ1) is 24.2. The number of benzene rings is 3. The second-order valence-electron chi connectivity index (χ2n) is 11.8. The van der Waals surface area contributed by atoms with E-state index in [0.29, 0.717) is 42.6 Å². The van der Waals surface area contributed by atoms with E-state index in [1.807, 2.05) is 43.4 Å². The van der Waals surface area contributed by atoms with Crippen LogP contribution in [0.15, 0.2) is 96.4 Å². The van der Waals surface area contributed by atoms with Crippen LogP contribution in [0.2, 0.25) is 0 Å². The Balaban J connectivity index is 1.29. The Labute approximate surface area is 289 Å². The Hall–Kier alpha value is -5.08. The quantitative estimate of drug-likeness (QED) is 0.141. The summed E-state index contributed by atoms with van der Waals surface area (Å²) < 4.78 is 86.0. The van der Waals surface area contributed by atoms with Gasteiger partial charge >= 0.3 is 0 Å². The third-order valence-corrected chi connectivity index (χ3v) is 10.5. The smallest absolute Gasteiger partial charge is 0.268 e. The number of halogens is 2. The molecule has 1 aliphatic carbocycles. The molecule has 0 bridgehead atoms. The van der Waals surface area contributed by atoms with Gasteiger partial charge in [-0.1, -0.05) is 30.3 Å². The maximum atomic E-state index is 16.0. The summed E-state index contributed by atoms with van der Waals surface area (Å²) in [5.41, 5.74) is 2.33. The molecule has 2 aromatic heterocycles. The van der Waals surface area contributed by atoms with E-state index in [4.69, 9.17) is 18.9 Å². The minimum atomic E-state index is -4.74. The largest absolute Gasteiger partial charge is 0.497 e. The van der Waals surface area contributed by atoms with Crippen molar-refractivity contribution in [3.05, 3.63) is 120 Å². The van der Waals surface area contributed by atoms with Crippen molar-refractivity contribution in [1.82, 2.24) is 19.7 Å². The molecule has 5 aromatic rings. The normalized spacial score (nSPS) is 17.7. The highest BCUT2D eigenvalue weighted by atomic mass is 32.2. The zero-order valence-corrected chi connectivity index (χ0v) is 28.6. The molecule has 3 atom stereocenters. The lowest BCUT2D eigenvalue weighted by Crippen LogP contribution is -2.37. The third kappa shape index (κ3) is 7.55. The van der Waals surface area contributed by atoms with E-state index in [9.17, 15) is 8.42 Å². The summed E-state index contributed by atoms with van der Waals surface area (Å²) in [4.78, 5) is 7.08. The van der Waals surface area contributed by atoms with Crippen molar-refractivity contribution in [3.8, 4) is 17.2 Å². The summed E-state index contributed by atoms with van der Waals surface area (Å²) >= 11 is 0. The first-order valence-corrected chi connectivity index (χ1v) is 17.4. The maximum absolute atomic E-state index is 16.0. The number of methoxy groups -OCH3 is 2.